The topological polar surface area (TPSA) is 38.8 Å². The summed E-state index contributed by atoms with van der Waals surface area (Å²) in [5.74, 6) is 1.05. The van der Waals surface area contributed by atoms with Crippen molar-refractivity contribution in [2.75, 3.05) is 12.0 Å². The van der Waals surface area contributed by atoms with Crippen molar-refractivity contribution in [3.63, 3.8) is 0 Å². The van der Waals surface area contributed by atoms with Crippen molar-refractivity contribution < 1.29 is 14.3 Å². The van der Waals surface area contributed by atoms with Gasteiger partial charge in [0, 0.05) is 30.1 Å². The zero-order chi connectivity index (χ0) is 33.8. The Morgan fingerprint density at radius 1 is 0.490 bits per heavy atom. The molecule has 0 heterocycles. The van der Waals surface area contributed by atoms with E-state index in [0.717, 1.165) is 56.1 Å². The molecule has 0 amide bonds. The van der Waals surface area contributed by atoms with Gasteiger partial charge in [0.05, 0.1) is 7.11 Å². The van der Waals surface area contributed by atoms with Gasteiger partial charge in [-0.1, -0.05) is 133 Å². The molecule has 0 unspecified atom stereocenters. The molecular formula is C45H37NO3. The SMILES string of the molecule is COc1ccc(/C=C/c2ccc(N(C=C(c3ccccc3)c3ccccc3)c3ccc(/C=C/c4ccc(OC(C)=O)cc4)cc3)cc2)cc1. The van der Waals surface area contributed by atoms with E-state index in [1.54, 1.807) is 19.2 Å². The van der Waals surface area contributed by atoms with Crippen LogP contribution in [0.15, 0.2) is 164 Å². The Morgan fingerprint density at radius 2 is 0.857 bits per heavy atom. The molecule has 4 nitrogen and oxygen atoms in total. The lowest BCUT2D eigenvalue weighted by molar-refractivity contribution is -0.131. The molecule has 0 aliphatic heterocycles. The molecule has 0 saturated carbocycles. The molecular weight excluding hydrogens is 602 g/mol. The number of esters is 1. The van der Waals surface area contributed by atoms with Crippen LogP contribution in [0.2, 0.25) is 0 Å². The molecule has 0 bridgehead atoms. The van der Waals surface area contributed by atoms with Crippen LogP contribution in [0.5, 0.6) is 11.5 Å². The number of methoxy groups -OCH3 is 1. The summed E-state index contributed by atoms with van der Waals surface area (Å²) in [6.45, 7) is 1.40. The van der Waals surface area contributed by atoms with Crippen LogP contribution in [0.1, 0.15) is 40.3 Å². The van der Waals surface area contributed by atoms with Crippen molar-refractivity contribution in [2.24, 2.45) is 0 Å². The first-order valence-electron chi connectivity index (χ1n) is 16.1. The van der Waals surface area contributed by atoms with Crippen LogP contribution in [0.3, 0.4) is 0 Å². The zero-order valence-electron chi connectivity index (χ0n) is 27.6. The highest BCUT2D eigenvalue weighted by atomic mass is 16.5. The third-order valence-corrected chi connectivity index (χ3v) is 7.96. The number of nitrogens with zero attached hydrogens (tertiary/aromatic N) is 1. The summed E-state index contributed by atoms with van der Waals surface area (Å²) in [6, 6.07) is 53.6. The molecule has 6 aromatic rings. The molecule has 0 atom stereocenters. The van der Waals surface area contributed by atoms with Crippen LogP contribution >= 0.6 is 0 Å². The molecule has 6 rings (SSSR count). The average Bonchev–Trinajstić information content (AvgIpc) is 3.15. The molecule has 4 heteroatoms. The molecule has 0 aliphatic carbocycles. The Labute approximate surface area is 288 Å². The fraction of sp³-hybridized carbons (Fsp3) is 0.0444. The second-order valence-electron chi connectivity index (χ2n) is 11.4. The molecule has 0 N–H and O–H groups in total. The molecule has 0 radical (unpaired) electrons. The minimum absolute atomic E-state index is 0.329. The minimum atomic E-state index is -0.329. The van der Waals surface area contributed by atoms with Gasteiger partial charge in [0.1, 0.15) is 11.5 Å². The van der Waals surface area contributed by atoms with Gasteiger partial charge >= 0.3 is 5.97 Å². The molecule has 0 fully saturated rings. The first kappa shape index (κ1) is 32.5. The highest BCUT2D eigenvalue weighted by molar-refractivity contribution is 5.84. The van der Waals surface area contributed by atoms with E-state index in [2.05, 4.69) is 126 Å². The van der Waals surface area contributed by atoms with Gasteiger partial charge in [-0.05, 0) is 81.9 Å². The van der Waals surface area contributed by atoms with Crippen LogP contribution in [-0.4, -0.2) is 13.1 Å². The van der Waals surface area contributed by atoms with Gasteiger partial charge in [0.15, 0.2) is 0 Å². The van der Waals surface area contributed by atoms with Crippen LogP contribution in [-0.2, 0) is 4.79 Å². The lowest BCUT2D eigenvalue weighted by Crippen LogP contribution is -2.10. The zero-order valence-corrected chi connectivity index (χ0v) is 27.6. The Kier molecular flexibility index (Phi) is 10.6. The summed E-state index contributed by atoms with van der Waals surface area (Å²) in [5, 5.41) is 0. The number of anilines is 2. The normalized spacial score (nSPS) is 11.0. The third kappa shape index (κ3) is 8.91. The fourth-order valence-electron chi connectivity index (χ4n) is 5.38. The summed E-state index contributed by atoms with van der Waals surface area (Å²) in [5.41, 5.74) is 9.77. The highest BCUT2D eigenvalue weighted by Crippen LogP contribution is 2.32. The molecule has 0 aromatic heterocycles. The van der Waals surface area contributed by atoms with Gasteiger partial charge in [0.2, 0.25) is 0 Å². The Morgan fingerprint density at radius 3 is 1.22 bits per heavy atom. The molecule has 0 aliphatic rings. The van der Waals surface area contributed by atoms with Crippen LogP contribution in [0.25, 0.3) is 29.9 Å². The lowest BCUT2D eigenvalue weighted by atomic mass is 9.98. The van der Waals surface area contributed by atoms with E-state index in [-0.39, 0.29) is 5.97 Å². The van der Waals surface area contributed by atoms with Gasteiger partial charge in [-0.25, -0.2) is 0 Å². The van der Waals surface area contributed by atoms with E-state index in [1.165, 1.54) is 6.92 Å². The maximum Gasteiger partial charge on any atom is 0.308 e. The number of hydrogen-bond acceptors (Lipinski definition) is 4. The van der Waals surface area contributed by atoms with Crippen molar-refractivity contribution in [1.29, 1.82) is 0 Å². The van der Waals surface area contributed by atoms with Crippen molar-refractivity contribution in [3.05, 3.63) is 197 Å². The average molecular weight is 640 g/mol. The molecule has 0 saturated heterocycles. The predicted molar refractivity (Wildman–Crippen MR) is 204 cm³/mol. The number of ether oxygens (including phenoxy) is 2. The third-order valence-electron chi connectivity index (χ3n) is 7.96. The highest BCUT2D eigenvalue weighted by Gasteiger charge is 2.12. The van der Waals surface area contributed by atoms with Gasteiger partial charge in [-0.3, -0.25) is 4.79 Å². The van der Waals surface area contributed by atoms with Gasteiger partial charge in [0.25, 0.3) is 0 Å². The number of rotatable bonds is 11. The smallest absolute Gasteiger partial charge is 0.308 e. The van der Waals surface area contributed by atoms with Gasteiger partial charge < -0.3 is 14.4 Å². The van der Waals surface area contributed by atoms with E-state index in [9.17, 15) is 4.79 Å². The van der Waals surface area contributed by atoms with E-state index in [0.29, 0.717) is 5.75 Å². The fourth-order valence-corrected chi connectivity index (χ4v) is 5.38. The van der Waals surface area contributed by atoms with Crippen LogP contribution in [0, 0.1) is 0 Å². The molecule has 240 valence electrons. The second-order valence-corrected chi connectivity index (χ2v) is 11.4. The second kappa shape index (κ2) is 15.9. The van der Waals surface area contributed by atoms with Gasteiger partial charge in [-0.2, -0.15) is 0 Å². The molecule has 49 heavy (non-hydrogen) atoms. The van der Waals surface area contributed by atoms with E-state index in [1.807, 2.05) is 54.6 Å². The van der Waals surface area contributed by atoms with Gasteiger partial charge in [-0.15, -0.1) is 0 Å². The minimum Gasteiger partial charge on any atom is -0.497 e. The van der Waals surface area contributed by atoms with Crippen molar-refractivity contribution in [1.82, 2.24) is 0 Å². The summed E-state index contributed by atoms with van der Waals surface area (Å²) in [6.07, 6.45) is 10.6. The maximum atomic E-state index is 11.2. The first-order chi connectivity index (χ1) is 24.0. The van der Waals surface area contributed by atoms with Crippen LogP contribution < -0.4 is 14.4 Å². The van der Waals surface area contributed by atoms with Crippen LogP contribution in [0.4, 0.5) is 11.4 Å². The molecule has 0 spiro atoms. The summed E-state index contributed by atoms with van der Waals surface area (Å²) in [4.78, 5) is 13.5. The number of hydrogen-bond donors (Lipinski definition) is 0. The van der Waals surface area contributed by atoms with E-state index < -0.39 is 0 Å². The lowest BCUT2D eigenvalue weighted by Gasteiger charge is -2.24. The Hall–Kier alpha value is -6.39. The summed E-state index contributed by atoms with van der Waals surface area (Å²) in [7, 11) is 1.68. The summed E-state index contributed by atoms with van der Waals surface area (Å²) >= 11 is 0. The predicted octanol–water partition coefficient (Wildman–Crippen LogP) is 11.2. The van der Waals surface area contributed by atoms with E-state index >= 15 is 0 Å². The first-order valence-corrected chi connectivity index (χ1v) is 16.1. The van der Waals surface area contributed by atoms with Crippen molar-refractivity contribution in [2.45, 2.75) is 6.92 Å². The van der Waals surface area contributed by atoms with Crippen molar-refractivity contribution >= 4 is 47.2 Å². The maximum absolute atomic E-state index is 11.2. The quantitative estimate of drug-likeness (QED) is 0.0803. The Bertz CT molecular complexity index is 2000. The largest absolute Gasteiger partial charge is 0.497 e. The van der Waals surface area contributed by atoms with Crippen molar-refractivity contribution in [3.8, 4) is 11.5 Å². The van der Waals surface area contributed by atoms with E-state index in [4.69, 9.17) is 9.47 Å². The number of carbonyl (C=O) groups excluding carboxylic acids is 1. The Balaban J connectivity index is 1.32. The monoisotopic (exact) mass is 639 g/mol. The number of benzene rings is 6. The molecule has 6 aromatic carbocycles. The standard InChI is InChI=1S/C45H37NO3/c1-34(47)49-44-31-23-38(24-32-44)16-14-36-19-27-42(28-20-36)46(33-45(39-9-5-3-6-10-39)40-11-7-4-8-12-40)41-25-17-35(18-26-41)13-15-37-21-29-43(48-2)30-22-37/h3-33H,1-2H3/b15-13+,16-14+. The summed E-state index contributed by atoms with van der Waals surface area (Å²) < 4.78 is 10.4. The number of carbonyl (C=O) groups is 1.